The van der Waals surface area contributed by atoms with Gasteiger partial charge in [-0.1, -0.05) is 37.0 Å². The van der Waals surface area contributed by atoms with Crippen molar-refractivity contribution in [2.24, 2.45) is 13.0 Å². The van der Waals surface area contributed by atoms with E-state index in [1.165, 1.54) is 25.7 Å². The highest BCUT2D eigenvalue weighted by molar-refractivity contribution is 6.30. The number of aryl methyl sites for hydroxylation is 1. The lowest BCUT2D eigenvalue weighted by molar-refractivity contribution is 0.250. The number of rotatable bonds is 7. The predicted octanol–water partition coefficient (Wildman–Crippen LogP) is 3.72. The summed E-state index contributed by atoms with van der Waals surface area (Å²) >= 11 is 6.55. The van der Waals surface area contributed by atoms with Crippen molar-refractivity contribution in [2.45, 2.75) is 52.1 Å². The molecule has 3 rings (SSSR count). The fourth-order valence-corrected chi connectivity index (χ4v) is 3.75. The molecule has 1 aliphatic rings. The van der Waals surface area contributed by atoms with Gasteiger partial charge in [0.05, 0.1) is 0 Å². The number of halogens is 1. The van der Waals surface area contributed by atoms with Gasteiger partial charge >= 0.3 is 0 Å². The number of nitrogens with one attached hydrogen (secondary N) is 1. The van der Waals surface area contributed by atoms with Crippen molar-refractivity contribution in [1.29, 1.82) is 0 Å². The summed E-state index contributed by atoms with van der Waals surface area (Å²) in [5.41, 5.74) is 2.59. The van der Waals surface area contributed by atoms with E-state index in [1.807, 2.05) is 13.1 Å². The molecule has 2 aromatic heterocycles. The van der Waals surface area contributed by atoms with Crippen molar-refractivity contribution in [3.8, 4) is 11.4 Å². The summed E-state index contributed by atoms with van der Waals surface area (Å²) in [6.07, 6.45) is 6.53. The van der Waals surface area contributed by atoms with Gasteiger partial charge in [0.15, 0.2) is 0 Å². The van der Waals surface area contributed by atoms with Crippen LogP contribution in [0, 0.1) is 5.92 Å². The van der Waals surface area contributed by atoms with Crippen LogP contribution in [0.1, 0.15) is 45.1 Å². The maximum atomic E-state index is 6.55. The molecule has 144 valence electrons. The van der Waals surface area contributed by atoms with Crippen LogP contribution in [0.2, 0.25) is 5.15 Å². The normalized spacial score (nSPS) is 19.2. The summed E-state index contributed by atoms with van der Waals surface area (Å²) in [6.45, 7) is 8.56. The third-order valence-corrected chi connectivity index (χ3v) is 5.51. The molecule has 1 saturated heterocycles. The largest absolute Gasteiger partial charge is 0.364 e. The summed E-state index contributed by atoms with van der Waals surface area (Å²) in [7, 11) is 1.87. The van der Waals surface area contributed by atoms with Crippen LogP contribution in [-0.4, -0.2) is 45.5 Å². The second-order valence-corrected chi connectivity index (χ2v) is 8.05. The van der Waals surface area contributed by atoms with E-state index in [1.54, 1.807) is 10.9 Å². The molecule has 0 radical (unpaired) electrons. The number of nitrogens with zero attached hydrogens (tertiary/aromatic N) is 4. The molecule has 1 N–H and O–H groups in total. The lowest BCUT2D eigenvalue weighted by atomic mass is 10.1. The Balaban J connectivity index is 1.69. The minimum absolute atomic E-state index is 0.544. The highest BCUT2D eigenvalue weighted by Crippen LogP contribution is 2.29. The minimum atomic E-state index is 0.544. The molecule has 1 atom stereocenters. The fraction of sp³-hybridized carbons (Fsp3) is 0.684. The van der Waals surface area contributed by atoms with Gasteiger partial charge in [-0.25, -0.2) is 0 Å². The second-order valence-electron chi connectivity index (χ2n) is 7.69. The highest BCUT2D eigenvalue weighted by Gasteiger charge is 2.23. The van der Waals surface area contributed by atoms with Crippen molar-refractivity contribution in [2.75, 3.05) is 19.6 Å². The topological polar surface area (TPSA) is 59.1 Å². The second kappa shape index (κ2) is 9.02. The Kier molecular flexibility index (Phi) is 6.73. The molecule has 26 heavy (non-hydrogen) atoms. The van der Waals surface area contributed by atoms with Gasteiger partial charge in [0.25, 0.3) is 0 Å². The molecule has 1 fully saturated rings. The average Bonchev–Trinajstić information content (AvgIpc) is 3.15. The molecule has 1 unspecified atom stereocenters. The zero-order valence-electron chi connectivity index (χ0n) is 16.0. The van der Waals surface area contributed by atoms with E-state index in [0.29, 0.717) is 11.2 Å². The van der Waals surface area contributed by atoms with E-state index in [2.05, 4.69) is 34.3 Å². The zero-order chi connectivity index (χ0) is 18.5. The summed E-state index contributed by atoms with van der Waals surface area (Å²) in [6, 6.07) is 2.38. The van der Waals surface area contributed by atoms with E-state index in [4.69, 9.17) is 16.1 Å². The van der Waals surface area contributed by atoms with E-state index < -0.39 is 0 Å². The lowest BCUT2D eigenvalue weighted by Gasteiger charge is -2.25. The zero-order valence-corrected chi connectivity index (χ0v) is 16.8. The monoisotopic (exact) mass is 379 g/mol. The number of aromatic nitrogens is 3. The van der Waals surface area contributed by atoms with Gasteiger partial charge in [0, 0.05) is 37.8 Å². The van der Waals surface area contributed by atoms with Crippen LogP contribution < -0.4 is 5.32 Å². The van der Waals surface area contributed by atoms with E-state index in [0.717, 1.165) is 49.0 Å². The van der Waals surface area contributed by atoms with Gasteiger partial charge in [-0.2, -0.15) is 5.10 Å². The quantitative estimate of drug-likeness (QED) is 0.794. The van der Waals surface area contributed by atoms with E-state index in [9.17, 15) is 0 Å². The van der Waals surface area contributed by atoms with Crippen LogP contribution in [0.5, 0.6) is 0 Å². The Morgan fingerprint density at radius 1 is 1.38 bits per heavy atom. The van der Waals surface area contributed by atoms with E-state index >= 15 is 0 Å². The Morgan fingerprint density at radius 3 is 2.96 bits per heavy atom. The number of hydrogen-bond acceptors (Lipinski definition) is 5. The van der Waals surface area contributed by atoms with E-state index in [-0.39, 0.29) is 0 Å². The molecule has 3 heterocycles. The Bertz CT molecular complexity index is 682. The van der Waals surface area contributed by atoms with Crippen LogP contribution in [0.3, 0.4) is 0 Å². The van der Waals surface area contributed by atoms with Crippen molar-refractivity contribution >= 4 is 11.6 Å². The maximum absolute atomic E-state index is 6.55. The standard InChI is InChI=1S/C19H30ClN5O/c1-14(2)7-9-21-15-6-4-5-10-25(12-15)13-16-18(17-8-11-26-23-17)22-24(3)19(16)20/h8,11,14-15,21H,4-7,9-10,12-13H2,1-3H3. The third kappa shape index (κ3) is 4.87. The summed E-state index contributed by atoms with van der Waals surface area (Å²) in [4.78, 5) is 2.49. The Labute approximate surface area is 160 Å². The first-order valence-corrected chi connectivity index (χ1v) is 10.00. The minimum Gasteiger partial charge on any atom is -0.364 e. The molecule has 0 aromatic carbocycles. The van der Waals surface area contributed by atoms with Gasteiger partial charge in [0.2, 0.25) is 0 Å². The molecular weight excluding hydrogens is 350 g/mol. The van der Waals surface area contributed by atoms with Crippen molar-refractivity contribution in [1.82, 2.24) is 25.2 Å². The van der Waals surface area contributed by atoms with Crippen molar-refractivity contribution in [3.05, 3.63) is 23.0 Å². The SMILES string of the molecule is CC(C)CCNC1CCCCN(Cc2c(-c3ccon3)nn(C)c2Cl)C1. The first-order chi connectivity index (χ1) is 12.5. The van der Waals surface area contributed by atoms with Crippen molar-refractivity contribution < 1.29 is 4.52 Å². The summed E-state index contributed by atoms with van der Waals surface area (Å²) in [5, 5.41) is 13.0. The molecule has 6 nitrogen and oxygen atoms in total. The molecule has 0 aliphatic carbocycles. The lowest BCUT2D eigenvalue weighted by Crippen LogP contribution is -2.40. The van der Waals surface area contributed by atoms with Gasteiger partial charge in [-0.15, -0.1) is 0 Å². The Hall–Kier alpha value is -1.37. The summed E-state index contributed by atoms with van der Waals surface area (Å²) < 4.78 is 6.72. The van der Waals surface area contributed by atoms with Crippen molar-refractivity contribution in [3.63, 3.8) is 0 Å². The third-order valence-electron chi connectivity index (χ3n) is 5.04. The molecule has 1 aliphatic heterocycles. The molecule has 0 saturated carbocycles. The van der Waals surface area contributed by atoms with Gasteiger partial charge in [-0.3, -0.25) is 9.58 Å². The Morgan fingerprint density at radius 2 is 2.23 bits per heavy atom. The van der Waals surface area contributed by atoms with Gasteiger partial charge < -0.3 is 9.84 Å². The summed E-state index contributed by atoms with van der Waals surface area (Å²) in [5.74, 6) is 0.739. The van der Waals surface area contributed by atoms with Crippen LogP contribution in [-0.2, 0) is 13.6 Å². The maximum Gasteiger partial charge on any atom is 0.134 e. The smallest absolute Gasteiger partial charge is 0.134 e. The van der Waals surface area contributed by atoms with Crippen LogP contribution in [0.15, 0.2) is 16.9 Å². The van der Waals surface area contributed by atoms with Gasteiger partial charge in [0.1, 0.15) is 22.8 Å². The molecule has 0 bridgehead atoms. The fourth-order valence-electron chi connectivity index (χ4n) is 3.56. The first-order valence-electron chi connectivity index (χ1n) is 9.62. The first kappa shape index (κ1) is 19.4. The molecular formula is C19H30ClN5O. The van der Waals surface area contributed by atoms with Crippen LogP contribution >= 0.6 is 11.6 Å². The van der Waals surface area contributed by atoms with Crippen LogP contribution in [0.4, 0.5) is 0 Å². The average molecular weight is 380 g/mol. The number of likely N-dealkylation sites (tertiary alicyclic amines) is 1. The molecule has 2 aromatic rings. The molecule has 0 amide bonds. The number of hydrogen-bond donors (Lipinski definition) is 1. The molecule has 0 spiro atoms. The van der Waals surface area contributed by atoms with Gasteiger partial charge in [-0.05, 0) is 38.3 Å². The highest BCUT2D eigenvalue weighted by atomic mass is 35.5. The predicted molar refractivity (Wildman–Crippen MR) is 104 cm³/mol. The molecule has 7 heteroatoms. The van der Waals surface area contributed by atoms with Crippen LogP contribution in [0.25, 0.3) is 11.4 Å².